The average molecular weight is 418 g/mol. The Labute approximate surface area is 172 Å². The maximum absolute atomic E-state index is 9.10. The van der Waals surface area contributed by atoms with E-state index in [1.165, 1.54) is 0 Å². The number of nitrogens with one attached hydrogen (secondary N) is 1. The second-order valence-corrected chi connectivity index (χ2v) is 6.25. The number of ether oxygens (including phenoxy) is 1. The van der Waals surface area contributed by atoms with Crippen molar-refractivity contribution in [3.8, 4) is 17.0 Å². The molecule has 0 bridgehead atoms. The average Bonchev–Trinajstić information content (AvgIpc) is 3.08. The lowest BCUT2D eigenvalue weighted by Gasteiger charge is -2.11. The SMILES string of the molecule is COc1ccccc1CNc1ncc(-c2ccc(Cl)cc2)n1C.O=C(O)C(=O)O. The number of aromatic nitrogens is 2. The molecule has 1 aromatic heterocycles. The fraction of sp³-hybridized carbons (Fsp3) is 0.150. The molecule has 29 heavy (non-hydrogen) atoms. The number of methoxy groups -OCH3 is 1. The highest BCUT2D eigenvalue weighted by Gasteiger charge is 2.09. The Kier molecular flexibility index (Phi) is 7.62. The van der Waals surface area contributed by atoms with E-state index < -0.39 is 11.9 Å². The van der Waals surface area contributed by atoms with Gasteiger partial charge in [0.2, 0.25) is 5.95 Å². The van der Waals surface area contributed by atoms with Crippen LogP contribution in [0.1, 0.15) is 5.56 Å². The third kappa shape index (κ3) is 5.98. The summed E-state index contributed by atoms with van der Waals surface area (Å²) >= 11 is 5.94. The number of imidazole rings is 1. The molecule has 0 saturated carbocycles. The number of para-hydroxylation sites is 1. The van der Waals surface area contributed by atoms with Crippen LogP contribution in [-0.4, -0.2) is 38.8 Å². The van der Waals surface area contributed by atoms with Gasteiger partial charge in [-0.1, -0.05) is 41.9 Å². The first-order valence-corrected chi connectivity index (χ1v) is 8.81. The number of nitrogens with zero attached hydrogens (tertiary/aromatic N) is 2. The molecule has 0 fully saturated rings. The van der Waals surface area contributed by atoms with Crippen molar-refractivity contribution in [1.82, 2.24) is 9.55 Å². The van der Waals surface area contributed by atoms with E-state index in [9.17, 15) is 0 Å². The van der Waals surface area contributed by atoms with Crippen LogP contribution in [0.15, 0.2) is 54.7 Å². The van der Waals surface area contributed by atoms with Gasteiger partial charge in [-0.25, -0.2) is 14.6 Å². The van der Waals surface area contributed by atoms with Crippen molar-refractivity contribution in [2.24, 2.45) is 7.05 Å². The zero-order chi connectivity index (χ0) is 21.4. The highest BCUT2D eigenvalue weighted by Crippen LogP contribution is 2.24. The molecule has 9 heteroatoms. The Bertz CT molecular complexity index is 974. The zero-order valence-corrected chi connectivity index (χ0v) is 16.6. The van der Waals surface area contributed by atoms with Gasteiger partial charge in [0.05, 0.1) is 19.0 Å². The summed E-state index contributed by atoms with van der Waals surface area (Å²) in [5.74, 6) is -1.97. The van der Waals surface area contributed by atoms with Gasteiger partial charge in [-0.2, -0.15) is 0 Å². The number of carboxylic acid groups (broad SMARTS) is 2. The molecular weight excluding hydrogens is 398 g/mol. The molecule has 0 aliphatic rings. The van der Waals surface area contributed by atoms with Crippen LogP contribution in [0.25, 0.3) is 11.3 Å². The van der Waals surface area contributed by atoms with E-state index in [4.69, 9.17) is 36.1 Å². The van der Waals surface area contributed by atoms with E-state index >= 15 is 0 Å². The van der Waals surface area contributed by atoms with Crippen molar-refractivity contribution < 1.29 is 24.5 Å². The van der Waals surface area contributed by atoms with Crippen LogP contribution in [-0.2, 0) is 23.2 Å². The van der Waals surface area contributed by atoms with Gasteiger partial charge >= 0.3 is 11.9 Å². The normalized spacial score (nSPS) is 9.90. The molecule has 0 aliphatic heterocycles. The summed E-state index contributed by atoms with van der Waals surface area (Å²) in [6, 6.07) is 15.7. The first kappa shape index (κ1) is 21.8. The van der Waals surface area contributed by atoms with Crippen molar-refractivity contribution in [2.45, 2.75) is 6.54 Å². The maximum Gasteiger partial charge on any atom is 0.414 e. The first-order chi connectivity index (χ1) is 13.8. The smallest absolute Gasteiger partial charge is 0.414 e. The van der Waals surface area contributed by atoms with Gasteiger partial charge < -0.3 is 24.8 Å². The van der Waals surface area contributed by atoms with Crippen LogP contribution in [0.4, 0.5) is 5.95 Å². The molecule has 0 atom stereocenters. The lowest BCUT2D eigenvalue weighted by atomic mass is 10.2. The molecule has 152 valence electrons. The number of aliphatic carboxylic acids is 2. The number of anilines is 1. The summed E-state index contributed by atoms with van der Waals surface area (Å²) in [4.78, 5) is 22.7. The predicted molar refractivity (Wildman–Crippen MR) is 109 cm³/mol. The number of rotatable bonds is 5. The maximum atomic E-state index is 9.10. The minimum atomic E-state index is -1.82. The van der Waals surface area contributed by atoms with E-state index in [1.54, 1.807) is 7.11 Å². The summed E-state index contributed by atoms with van der Waals surface area (Å²) in [6.07, 6.45) is 1.85. The van der Waals surface area contributed by atoms with Crippen LogP contribution in [0.5, 0.6) is 5.75 Å². The van der Waals surface area contributed by atoms with Crippen molar-refractivity contribution >= 4 is 29.5 Å². The van der Waals surface area contributed by atoms with Crippen molar-refractivity contribution in [1.29, 1.82) is 0 Å². The van der Waals surface area contributed by atoms with Gasteiger partial charge in [-0.3, -0.25) is 0 Å². The Hall–Kier alpha value is -3.52. The summed E-state index contributed by atoms with van der Waals surface area (Å²) in [5, 5.41) is 18.9. The van der Waals surface area contributed by atoms with E-state index in [0.29, 0.717) is 6.54 Å². The predicted octanol–water partition coefficient (Wildman–Crippen LogP) is 3.52. The van der Waals surface area contributed by atoms with Crippen LogP contribution < -0.4 is 10.1 Å². The van der Waals surface area contributed by atoms with Gasteiger partial charge in [-0.15, -0.1) is 0 Å². The van der Waals surface area contributed by atoms with Gasteiger partial charge in [0.15, 0.2) is 0 Å². The molecular formula is C20H20ClN3O5. The molecule has 8 nitrogen and oxygen atoms in total. The quantitative estimate of drug-likeness (QED) is 0.544. The third-order valence-electron chi connectivity index (χ3n) is 3.94. The van der Waals surface area contributed by atoms with E-state index in [0.717, 1.165) is 33.5 Å². The van der Waals surface area contributed by atoms with E-state index in [2.05, 4.69) is 10.3 Å². The highest BCUT2D eigenvalue weighted by molar-refractivity contribution is 6.30. The Morgan fingerprint density at radius 1 is 1.10 bits per heavy atom. The summed E-state index contributed by atoms with van der Waals surface area (Å²) in [6.45, 7) is 0.648. The van der Waals surface area contributed by atoms with Crippen LogP contribution >= 0.6 is 11.6 Å². The number of halogens is 1. The summed E-state index contributed by atoms with van der Waals surface area (Å²) in [5.41, 5.74) is 3.20. The summed E-state index contributed by atoms with van der Waals surface area (Å²) in [7, 11) is 3.67. The Balaban J connectivity index is 0.000000438. The Morgan fingerprint density at radius 2 is 1.72 bits per heavy atom. The fourth-order valence-electron chi connectivity index (χ4n) is 2.49. The molecule has 0 amide bonds. The van der Waals surface area contributed by atoms with Crippen LogP contribution in [0.3, 0.4) is 0 Å². The van der Waals surface area contributed by atoms with Crippen molar-refractivity contribution in [3.63, 3.8) is 0 Å². The first-order valence-electron chi connectivity index (χ1n) is 8.43. The topological polar surface area (TPSA) is 114 Å². The fourth-order valence-corrected chi connectivity index (χ4v) is 2.61. The molecule has 2 aromatic carbocycles. The molecule has 3 N–H and O–H groups in total. The lowest BCUT2D eigenvalue weighted by molar-refractivity contribution is -0.159. The zero-order valence-electron chi connectivity index (χ0n) is 15.8. The Morgan fingerprint density at radius 3 is 2.31 bits per heavy atom. The largest absolute Gasteiger partial charge is 0.496 e. The van der Waals surface area contributed by atoms with Crippen LogP contribution in [0, 0.1) is 0 Å². The molecule has 0 spiro atoms. The number of carbonyl (C=O) groups is 2. The molecule has 3 aromatic rings. The number of hydrogen-bond acceptors (Lipinski definition) is 5. The number of carboxylic acids is 2. The standard InChI is InChI=1S/C18H18ClN3O.C2H2O4/c1-22-16(13-7-9-15(19)10-8-13)12-21-18(22)20-11-14-5-3-4-6-17(14)23-2;3-1(4)2(5)6/h3-10,12H,11H2,1-2H3,(H,20,21);(H,3,4)(H,5,6). The lowest BCUT2D eigenvalue weighted by Crippen LogP contribution is -2.09. The summed E-state index contributed by atoms with van der Waals surface area (Å²) < 4.78 is 7.40. The van der Waals surface area contributed by atoms with Crippen LogP contribution in [0.2, 0.25) is 5.02 Å². The van der Waals surface area contributed by atoms with E-state index in [-0.39, 0.29) is 0 Å². The number of benzene rings is 2. The minimum Gasteiger partial charge on any atom is -0.496 e. The monoisotopic (exact) mass is 417 g/mol. The number of hydrogen-bond donors (Lipinski definition) is 3. The van der Waals surface area contributed by atoms with Gasteiger partial charge in [0, 0.05) is 24.2 Å². The van der Waals surface area contributed by atoms with Crippen molar-refractivity contribution in [3.05, 3.63) is 65.3 Å². The second kappa shape index (κ2) is 10.1. The van der Waals surface area contributed by atoms with Crippen molar-refractivity contribution in [2.75, 3.05) is 12.4 Å². The second-order valence-electron chi connectivity index (χ2n) is 5.81. The molecule has 1 heterocycles. The van der Waals surface area contributed by atoms with Gasteiger partial charge in [0.1, 0.15) is 5.75 Å². The van der Waals surface area contributed by atoms with Gasteiger partial charge in [0.25, 0.3) is 0 Å². The molecule has 0 unspecified atom stereocenters. The minimum absolute atomic E-state index is 0.648. The van der Waals surface area contributed by atoms with E-state index in [1.807, 2.05) is 66.3 Å². The highest BCUT2D eigenvalue weighted by atomic mass is 35.5. The van der Waals surface area contributed by atoms with Gasteiger partial charge in [-0.05, 0) is 23.8 Å². The molecule has 0 saturated heterocycles. The molecule has 0 aliphatic carbocycles. The molecule has 0 radical (unpaired) electrons. The third-order valence-corrected chi connectivity index (χ3v) is 4.19. The molecule has 3 rings (SSSR count).